The van der Waals surface area contributed by atoms with Gasteiger partial charge in [0, 0.05) is 5.56 Å². The van der Waals surface area contributed by atoms with E-state index in [1.807, 2.05) is 24.3 Å². The Morgan fingerprint density at radius 3 is 2.53 bits per heavy atom. The molecule has 32 heavy (non-hydrogen) atoms. The maximum Gasteiger partial charge on any atom is 0.250 e. The average molecular weight is 483 g/mol. The lowest BCUT2D eigenvalue weighted by Crippen LogP contribution is -2.20. The van der Waals surface area contributed by atoms with E-state index in [1.54, 1.807) is 18.2 Å². The average Bonchev–Trinajstić information content (AvgIpc) is 3.13. The summed E-state index contributed by atoms with van der Waals surface area (Å²) in [6, 6.07) is 21.6. The molecule has 0 unspecified atom stereocenters. The molecule has 1 aromatic heterocycles. The van der Waals surface area contributed by atoms with E-state index >= 15 is 0 Å². The van der Waals surface area contributed by atoms with Crippen molar-refractivity contribution in [2.75, 3.05) is 5.75 Å². The van der Waals surface area contributed by atoms with Crippen LogP contribution >= 0.6 is 35.0 Å². The van der Waals surface area contributed by atoms with Crippen molar-refractivity contribution >= 4 is 58.1 Å². The first kappa shape index (κ1) is 22.4. The Hall–Kier alpha value is -2.80. The summed E-state index contributed by atoms with van der Waals surface area (Å²) >= 11 is 13.6. The molecule has 0 radical (unpaired) electrons. The Morgan fingerprint density at radius 1 is 1.06 bits per heavy atom. The highest BCUT2D eigenvalue weighted by molar-refractivity contribution is 7.99. The van der Waals surface area contributed by atoms with Gasteiger partial charge < -0.3 is 4.57 Å². The van der Waals surface area contributed by atoms with E-state index in [9.17, 15) is 4.79 Å². The number of hydrogen-bond donors (Lipinski definition) is 1. The molecule has 1 N–H and O–H groups in total. The minimum absolute atomic E-state index is 0.171. The number of rotatable bonds is 7. The molecule has 4 rings (SSSR count). The lowest BCUT2D eigenvalue weighted by atomic mass is 10.1. The number of aromatic nitrogens is 2. The smallest absolute Gasteiger partial charge is 0.250 e. The topological polar surface area (TPSA) is 59.3 Å². The van der Waals surface area contributed by atoms with Crippen LogP contribution in [-0.2, 0) is 11.3 Å². The summed E-state index contributed by atoms with van der Waals surface area (Å²) < 4.78 is 2.13. The highest BCUT2D eigenvalue weighted by Crippen LogP contribution is 2.25. The van der Waals surface area contributed by atoms with Crippen LogP contribution < -0.4 is 5.43 Å². The SMILES string of the molecule is Cc1ccc(Cn2c(SCC(=O)NN=Cc3c(Cl)cccc3Cl)nc3ccccc32)cc1. The Labute approximate surface area is 200 Å². The van der Waals surface area contributed by atoms with Gasteiger partial charge in [0.1, 0.15) is 0 Å². The molecule has 0 aliphatic heterocycles. The quantitative estimate of drug-likeness (QED) is 0.201. The normalized spacial score (nSPS) is 11.3. The fraction of sp³-hybridized carbons (Fsp3) is 0.125. The summed E-state index contributed by atoms with van der Waals surface area (Å²) in [6.07, 6.45) is 1.44. The van der Waals surface area contributed by atoms with Crippen molar-refractivity contribution in [1.29, 1.82) is 0 Å². The highest BCUT2D eigenvalue weighted by Gasteiger charge is 2.13. The molecular weight excluding hydrogens is 463 g/mol. The molecule has 1 heterocycles. The summed E-state index contributed by atoms with van der Waals surface area (Å²) in [7, 11) is 0. The van der Waals surface area contributed by atoms with E-state index < -0.39 is 0 Å². The van der Waals surface area contributed by atoms with Crippen LogP contribution in [0.5, 0.6) is 0 Å². The third-order valence-electron chi connectivity index (χ3n) is 4.80. The number of nitrogens with one attached hydrogen (secondary N) is 1. The lowest BCUT2D eigenvalue weighted by molar-refractivity contribution is -0.118. The van der Waals surface area contributed by atoms with E-state index in [0.717, 1.165) is 16.2 Å². The van der Waals surface area contributed by atoms with Gasteiger partial charge >= 0.3 is 0 Å². The van der Waals surface area contributed by atoms with Crippen LogP contribution in [-0.4, -0.2) is 27.4 Å². The monoisotopic (exact) mass is 482 g/mol. The standard InChI is InChI=1S/C24H20Cl2N4OS/c1-16-9-11-17(12-10-16)14-30-22-8-3-2-7-21(22)28-24(30)32-15-23(31)29-27-13-18-19(25)5-4-6-20(18)26/h2-13H,14-15H2,1H3,(H,29,31). The van der Waals surface area contributed by atoms with E-state index in [2.05, 4.69) is 46.3 Å². The van der Waals surface area contributed by atoms with Gasteiger partial charge in [-0.1, -0.05) is 83.0 Å². The second-order valence-electron chi connectivity index (χ2n) is 7.17. The van der Waals surface area contributed by atoms with Crippen LogP contribution in [0, 0.1) is 6.92 Å². The maximum atomic E-state index is 12.4. The van der Waals surface area contributed by atoms with Crippen LogP contribution in [0.15, 0.2) is 77.0 Å². The third-order valence-corrected chi connectivity index (χ3v) is 6.43. The van der Waals surface area contributed by atoms with Crippen molar-refractivity contribution in [3.8, 4) is 0 Å². The van der Waals surface area contributed by atoms with Gasteiger partial charge in [-0.3, -0.25) is 4.79 Å². The number of para-hydroxylation sites is 2. The van der Waals surface area contributed by atoms with E-state index in [0.29, 0.717) is 22.2 Å². The van der Waals surface area contributed by atoms with Crippen molar-refractivity contribution in [2.45, 2.75) is 18.6 Å². The van der Waals surface area contributed by atoms with Crippen molar-refractivity contribution in [3.63, 3.8) is 0 Å². The van der Waals surface area contributed by atoms with E-state index in [-0.39, 0.29) is 11.7 Å². The second-order valence-corrected chi connectivity index (χ2v) is 8.93. The lowest BCUT2D eigenvalue weighted by Gasteiger charge is -2.09. The highest BCUT2D eigenvalue weighted by atomic mass is 35.5. The number of thioether (sulfide) groups is 1. The van der Waals surface area contributed by atoms with E-state index in [4.69, 9.17) is 28.2 Å². The number of hydrogen-bond acceptors (Lipinski definition) is 4. The zero-order valence-electron chi connectivity index (χ0n) is 17.3. The third kappa shape index (κ3) is 5.33. The van der Waals surface area contributed by atoms with Crippen molar-refractivity contribution in [3.05, 3.63) is 93.5 Å². The zero-order chi connectivity index (χ0) is 22.5. The van der Waals surface area contributed by atoms with Crippen LogP contribution in [0.1, 0.15) is 16.7 Å². The Kier molecular flexibility index (Phi) is 7.15. The van der Waals surface area contributed by atoms with Gasteiger partial charge in [0.25, 0.3) is 5.91 Å². The zero-order valence-corrected chi connectivity index (χ0v) is 19.6. The molecule has 3 aromatic carbocycles. The van der Waals surface area contributed by atoms with Crippen molar-refractivity contribution in [1.82, 2.24) is 15.0 Å². The first-order chi connectivity index (χ1) is 15.5. The maximum absolute atomic E-state index is 12.4. The predicted molar refractivity (Wildman–Crippen MR) is 133 cm³/mol. The number of hydrazone groups is 1. The Bertz CT molecular complexity index is 1260. The first-order valence-corrected chi connectivity index (χ1v) is 11.6. The molecule has 5 nitrogen and oxygen atoms in total. The number of imidazole rings is 1. The van der Waals surface area contributed by atoms with Gasteiger partial charge in [-0.05, 0) is 36.8 Å². The Balaban J connectivity index is 1.46. The molecule has 0 aliphatic carbocycles. The number of benzene rings is 3. The Morgan fingerprint density at radius 2 is 1.78 bits per heavy atom. The second kappa shape index (κ2) is 10.2. The number of nitrogens with zero attached hydrogens (tertiary/aromatic N) is 3. The number of fused-ring (bicyclic) bond motifs is 1. The van der Waals surface area contributed by atoms with Crippen LogP contribution in [0.25, 0.3) is 11.0 Å². The van der Waals surface area contributed by atoms with Crippen LogP contribution in [0.2, 0.25) is 10.0 Å². The van der Waals surface area contributed by atoms with Gasteiger partial charge in [-0.25, -0.2) is 10.4 Å². The fourth-order valence-corrected chi connectivity index (χ4v) is 4.46. The number of carbonyl (C=O) groups is 1. The van der Waals surface area contributed by atoms with Gasteiger partial charge in [0.15, 0.2) is 5.16 Å². The fourth-order valence-electron chi connectivity index (χ4n) is 3.16. The molecule has 0 fully saturated rings. The van der Waals surface area contributed by atoms with Gasteiger partial charge in [0.2, 0.25) is 0 Å². The van der Waals surface area contributed by atoms with E-state index in [1.165, 1.54) is 29.1 Å². The van der Waals surface area contributed by atoms with Crippen LogP contribution in [0.4, 0.5) is 0 Å². The molecule has 0 spiro atoms. The molecule has 0 saturated heterocycles. The minimum Gasteiger partial charge on any atom is -0.314 e. The van der Waals surface area contributed by atoms with Crippen LogP contribution in [0.3, 0.4) is 0 Å². The molecule has 162 valence electrons. The number of aryl methyl sites for hydroxylation is 1. The van der Waals surface area contributed by atoms with Gasteiger partial charge in [0.05, 0.1) is 39.6 Å². The van der Waals surface area contributed by atoms with Crippen molar-refractivity contribution in [2.24, 2.45) is 5.10 Å². The molecule has 0 aliphatic rings. The molecule has 0 bridgehead atoms. The minimum atomic E-state index is -0.247. The number of amides is 1. The largest absolute Gasteiger partial charge is 0.314 e. The summed E-state index contributed by atoms with van der Waals surface area (Å²) in [5, 5.41) is 5.70. The number of halogens is 2. The van der Waals surface area contributed by atoms with Gasteiger partial charge in [-0.2, -0.15) is 5.10 Å². The summed E-state index contributed by atoms with van der Waals surface area (Å²) in [4.78, 5) is 17.1. The first-order valence-electron chi connectivity index (χ1n) is 9.91. The van der Waals surface area contributed by atoms with Gasteiger partial charge in [-0.15, -0.1) is 0 Å². The molecular formula is C24H20Cl2N4OS. The molecule has 0 saturated carbocycles. The molecule has 1 amide bonds. The summed E-state index contributed by atoms with van der Waals surface area (Å²) in [5.74, 6) is -0.0754. The summed E-state index contributed by atoms with van der Waals surface area (Å²) in [6.45, 7) is 2.74. The summed E-state index contributed by atoms with van der Waals surface area (Å²) in [5.41, 5.74) is 7.40. The molecule has 8 heteroatoms. The predicted octanol–water partition coefficient (Wildman–Crippen LogP) is 5.94. The number of carbonyl (C=O) groups excluding carboxylic acids is 1. The molecule has 0 atom stereocenters. The molecule has 4 aromatic rings. The van der Waals surface area contributed by atoms with Crippen molar-refractivity contribution < 1.29 is 4.79 Å².